The zero-order valence-electron chi connectivity index (χ0n) is 12.4. The fourth-order valence-electron chi connectivity index (χ4n) is 1.85. The molecule has 0 radical (unpaired) electrons. The van der Waals surface area contributed by atoms with Crippen molar-refractivity contribution in [2.24, 2.45) is 4.99 Å². The van der Waals surface area contributed by atoms with Crippen LogP contribution in [0, 0.1) is 0 Å². The number of para-hydroxylation sites is 1. The van der Waals surface area contributed by atoms with Crippen molar-refractivity contribution in [1.29, 1.82) is 0 Å². The van der Waals surface area contributed by atoms with Crippen molar-refractivity contribution >= 4 is 17.6 Å². The second-order valence-corrected chi connectivity index (χ2v) is 4.96. The predicted octanol–water partition coefficient (Wildman–Crippen LogP) is 3.59. The van der Waals surface area contributed by atoms with Gasteiger partial charge in [-0.2, -0.15) is 0 Å². The maximum atomic E-state index is 11.0. The zero-order valence-corrected chi connectivity index (χ0v) is 12.4. The molecular formula is C17H17NO4. The van der Waals surface area contributed by atoms with Crippen molar-refractivity contribution in [3.63, 3.8) is 0 Å². The summed E-state index contributed by atoms with van der Waals surface area (Å²) in [6.45, 7) is 3.73. The van der Waals surface area contributed by atoms with Crippen LogP contribution in [0.25, 0.3) is 0 Å². The lowest BCUT2D eigenvalue weighted by Gasteiger charge is -2.13. The SMILES string of the molecule is CC(C)OC(=Nc1ccccc1)c1ccc(C(=O)O)c(O)c1. The third-order valence-corrected chi connectivity index (χ3v) is 2.81. The van der Waals surface area contributed by atoms with E-state index in [9.17, 15) is 9.90 Å². The van der Waals surface area contributed by atoms with Crippen molar-refractivity contribution < 1.29 is 19.7 Å². The van der Waals surface area contributed by atoms with Gasteiger partial charge in [0.15, 0.2) is 0 Å². The molecule has 5 nitrogen and oxygen atoms in total. The standard InChI is InChI=1S/C17H17NO4/c1-11(2)22-16(18-13-6-4-3-5-7-13)12-8-9-14(17(20)21)15(19)10-12/h3-11,19H,1-2H3,(H,20,21). The van der Waals surface area contributed by atoms with Gasteiger partial charge >= 0.3 is 5.97 Å². The lowest BCUT2D eigenvalue weighted by molar-refractivity contribution is 0.0693. The highest BCUT2D eigenvalue weighted by Crippen LogP contribution is 2.22. The number of carbonyl (C=O) groups is 1. The molecule has 0 aliphatic heterocycles. The number of rotatable bonds is 4. The molecule has 0 aromatic heterocycles. The van der Waals surface area contributed by atoms with Crippen LogP contribution >= 0.6 is 0 Å². The van der Waals surface area contributed by atoms with Crippen LogP contribution in [-0.4, -0.2) is 28.2 Å². The van der Waals surface area contributed by atoms with Crippen LogP contribution in [0.1, 0.15) is 29.8 Å². The van der Waals surface area contributed by atoms with Gasteiger partial charge in [0.05, 0.1) is 11.8 Å². The average molecular weight is 299 g/mol. The molecule has 114 valence electrons. The number of carboxylic acid groups (broad SMARTS) is 1. The Kier molecular flexibility index (Phi) is 4.78. The van der Waals surface area contributed by atoms with Gasteiger partial charge in [-0.15, -0.1) is 0 Å². The number of benzene rings is 2. The Hall–Kier alpha value is -2.82. The molecule has 0 bridgehead atoms. The van der Waals surface area contributed by atoms with Gasteiger partial charge in [-0.05, 0) is 44.2 Å². The Morgan fingerprint density at radius 2 is 1.82 bits per heavy atom. The Balaban J connectivity index is 2.44. The van der Waals surface area contributed by atoms with Crippen molar-refractivity contribution in [2.45, 2.75) is 20.0 Å². The molecule has 0 atom stereocenters. The summed E-state index contributed by atoms with van der Waals surface area (Å²) in [5.74, 6) is -1.18. The molecule has 0 amide bonds. The zero-order chi connectivity index (χ0) is 16.1. The third kappa shape index (κ3) is 3.85. The first-order chi connectivity index (χ1) is 10.5. The lowest BCUT2D eigenvalue weighted by Crippen LogP contribution is -2.13. The molecule has 0 unspecified atom stereocenters. The molecule has 2 aromatic rings. The van der Waals surface area contributed by atoms with Crippen molar-refractivity contribution in [3.05, 3.63) is 59.7 Å². The average Bonchev–Trinajstić information content (AvgIpc) is 2.46. The molecule has 0 spiro atoms. The fraction of sp³-hybridized carbons (Fsp3) is 0.176. The number of aliphatic imine (C=N–C) groups is 1. The molecular weight excluding hydrogens is 282 g/mol. The first kappa shape index (κ1) is 15.6. The third-order valence-electron chi connectivity index (χ3n) is 2.81. The second kappa shape index (κ2) is 6.76. The molecule has 0 heterocycles. The van der Waals surface area contributed by atoms with E-state index in [-0.39, 0.29) is 17.4 Å². The molecule has 2 rings (SSSR count). The van der Waals surface area contributed by atoms with Crippen LogP contribution in [0.4, 0.5) is 5.69 Å². The van der Waals surface area contributed by atoms with Gasteiger partial charge in [0.2, 0.25) is 5.90 Å². The minimum absolute atomic E-state index is 0.108. The van der Waals surface area contributed by atoms with Gasteiger partial charge in [-0.1, -0.05) is 18.2 Å². The molecule has 0 aliphatic rings. The van der Waals surface area contributed by atoms with Gasteiger partial charge in [0.1, 0.15) is 11.3 Å². The fourth-order valence-corrected chi connectivity index (χ4v) is 1.85. The molecule has 0 saturated carbocycles. The van der Waals surface area contributed by atoms with Crippen LogP contribution < -0.4 is 0 Å². The molecule has 2 aromatic carbocycles. The molecule has 22 heavy (non-hydrogen) atoms. The monoisotopic (exact) mass is 299 g/mol. The number of carboxylic acids is 1. The largest absolute Gasteiger partial charge is 0.507 e. The normalized spacial score (nSPS) is 11.5. The minimum atomic E-state index is -1.18. The summed E-state index contributed by atoms with van der Waals surface area (Å²) in [5.41, 5.74) is 1.06. The number of nitrogens with zero attached hydrogens (tertiary/aromatic N) is 1. The maximum absolute atomic E-state index is 11.0. The topological polar surface area (TPSA) is 79.1 Å². The van der Waals surface area contributed by atoms with Crippen LogP contribution in [0.2, 0.25) is 0 Å². The number of hydrogen-bond acceptors (Lipinski definition) is 4. The summed E-state index contributed by atoms with van der Waals surface area (Å²) < 4.78 is 5.69. The number of ether oxygens (including phenoxy) is 1. The van der Waals surface area contributed by atoms with Gasteiger partial charge in [0.25, 0.3) is 0 Å². The van der Waals surface area contributed by atoms with E-state index in [4.69, 9.17) is 9.84 Å². The number of aromatic carboxylic acids is 1. The first-order valence-electron chi connectivity index (χ1n) is 6.84. The highest BCUT2D eigenvalue weighted by molar-refractivity contribution is 5.98. The van der Waals surface area contributed by atoms with Crippen molar-refractivity contribution in [3.8, 4) is 5.75 Å². The summed E-state index contributed by atoms with van der Waals surface area (Å²) in [6.07, 6.45) is -0.108. The minimum Gasteiger partial charge on any atom is -0.507 e. The molecule has 5 heteroatoms. The van der Waals surface area contributed by atoms with Crippen molar-refractivity contribution in [2.75, 3.05) is 0 Å². The van der Waals surface area contributed by atoms with Crippen LogP contribution in [0.5, 0.6) is 5.75 Å². The van der Waals surface area contributed by atoms with Crippen molar-refractivity contribution in [1.82, 2.24) is 0 Å². The van der Waals surface area contributed by atoms with Gasteiger partial charge in [0, 0.05) is 5.56 Å². The lowest BCUT2D eigenvalue weighted by atomic mass is 10.1. The Morgan fingerprint density at radius 3 is 2.36 bits per heavy atom. The van der Waals surface area contributed by atoms with Gasteiger partial charge in [-0.25, -0.2) is 9.79 Å². The Labute approximate surface area is 128 Å². The van der Waals surface area contributed by atoms with E-state index in [0.717, 1.165) is 0 Å². The Bertz CT molecular complexity index is 693. The summed E-state index contributed by atoms with van der Waals surface area (Å²) in [5, 5.41) is 18.8. The summed E-state index contributed by atoms with van der Waals surface area (Å²) in [7, 11) is 0. The number of phenols is 1. The van der Waals surface area contributed by atoms with Crippen LogP contribution in [0.3, 0.4) is 0 Å². The van der Waals surface area contributed by atoms with E-state index in [1.165, 1.54) is 12.1 Å². The van der Waals surface area contributed by atoms with E-state index >= 15 is 0 Å². The van der Waals surface area contributed by atoms with E-state index in [2.05, 4.69) is 4.99 Å². The molecule has 2 N–H and O–H groups in total. The van der Waals surface area contributed by atoms with E-state index in [0.29, 0.717) is 17.1 Å². The van der Waals surface area contributed by atoms with E-state index in [1.807, 2.05) is 44.2 Å². The Morgan fingerprint density at radius 1 is 1.14 bits per heavy atom. The summed E-state index contributed by atoms with van der Waals surface area (Å²) in [4.78, 5) is 15.4. The molecule has 0 saturated heterocycles. The highest BCUT2D eigenvalue weighted by Gasteiger charge is 2.14. The highest BCUT2D eigenvalue weighted by atomic mass is 16.5. The smallest absolute Gasteiger partial charge is 0.339 e. The number of hydrogen-bond donors (Lipinski definition) is 2. The summed E-state index contributed by atoms with van der Waals surface area (Å²) >= 11 is 0. The summed E-state index contributed by atoms with van der Waals surface area (Å²) in [6, 6.07) is 13.5. The molecule has 0 aliphatic carbocycles. The first-order valence-corrected chi connectivity index (χ1v) is 6.84. The van der Waals surface area contributed by atoms with Gasteiger partial charge < -0.3 is 14.9 Å². The van der Waals surface area contributed by atoms with E-state index < -0.39 is 5.97 Å². The van der Waals surface area contributed by atoms with E-state index in [1.54, 1.807) is 6.07 Å². The number of aromatic hydroxyl groups is 1. The van der Waals surface area contributed by atoms with Crippen LogP contribution in [0.15, 0.2) is 53.5 Å². The van der Waals surface area contributed by atoms with Crippen LogP contribution in [-0.2, 0) is 4.74 Å². The van der Waals surface area contributed by atoms with Gasteiger partial charge in [-0.3, -0.25) is 0 Å². The maximum Gasteiger partial charge on any atom is 0.339 e. The quantitative estimate of drug-likeness (QED) is 0.668. The predicted molar refractivity (Wildman–Crippen MR) is 83.9 cm³/mol. The molecule has 0 fully saturated rings. The second-order valence-electron chi connectivity index (χ2n) is 4.96.